The average Bonchev–Trinajstić information content (AvgIpc) is 2.25. The highest BCUT2D eigenvalue weighted by atomic mass is 32.2. The fourth-order valence-electron chi connectivity index (χ4n) is 1.54. The summed E-state index contributed by atoms with van der Waals surface area (Å²) >= 11 is 2.00. The number of thioether (sulfide) groups is 1. The Morgan fingerprint density at radius 1 is 1.50 bits per heavy atom. The van der Waals surface area contributed by atoms with E-state index in [1.165, 1.54) is 5.75 Å². The van der Waals surface area contributed by atoms with Crippen molar-refractivity contribution in [1.29, 1.82) is 0 Å². The summed E-state index contributed by atoms with van der Waals surface area (Å²) in [6.07, 6.45) is 2.03. The summed E-state index contributed by atoms with van der Waals surface area (Å²) in [5, 5.41) is 3.65. The van der Waals surface area contributed by atoms with Crippen molar-refractivity contribution >= 4 is 11.8 Å². The predicted octanol–water partition coefficient (Wildman–Crippen LogP) is 2.64. The summed E-state index contributed by atoms with van der Waals surface area (Å²) in [6.45, 7) is 12.8. The highest BCUT2D eigenvalue weighted by Gasteiger charge is 2.42. The molecular formula is C10H19NS. The minimum atomic E-state index is 0.186. The molecule has 1 fully saturated rings. The fourth-order valence-corrected chi connectivity index (χ4v) is 2.99. The van der Waals surface area contributed by atoms with Gasteiger partial charge in [0.2, 0.25) is 0 Å². The zero-order valence-corrected chi connectivity index (χ0v) is 9.29. The third kappa shape index (κ3) is 1.86. The maximum absolute atomic E-state index is 3.84. The summed E-state index contributed by atoms with van der Waals surface area (Å²) in [4.78, 5) is 0.186. The second-order valence-electron chi connectivity index (χ2n) is 4.43. The molecule has 1 heterocycles. The van der Waals surface area contributed by atoms with Crippen LogP contribution in [0.3, 0.4) is 0 Å². The monoisotopic (exact) mass is 185 g/mol. The maximum atomic E-state index is 3.84. The van der Waals surface area contributed by atoms with Crippen LogP contribution in [0.1, 0.15) is 27.7 Å². The lowest BCUT2D eigenvalue weighted by Gasteiger charge is -2.31. The van der Waals surface area contributed by atoms with Gasteiger partial charge in [0.25, 0.3) is 0 Å². The van der Waals surface area contributed by atoms with Gasteiger partial charge in [-0.1, -0.05) is 13.0 Å². The predicted molar refractivity (Wildman–Crippen MR) is 57.4 cm³/mol. The molecule has 2 heteroatoms. The van der Waals surface area contributed by atoms with E-state index in [0.29, 0.717) is 5.92 Å². The Labute approximate surface area is 80.0 Å². The standard InChI is InChI=1S/C10H19NS/c1-6-8(2)10(5)11-9(3,4)7-12-10/h6,8,11H,1,7H2,2-5H3. The number of rotatable bonds is 2. The lowest BCUT2D eigenvalue weighted by Crippen LogP contribution is -2.48. The summed E-state index contributed by atoms with van der Waals surface area (Å²) in [5.41, 5.74) is 0.274. The topological polar surface area (TPSA) is 12.0 Å². The van der Waals surface area contributed by atoms with E-state index < -0.39 is 0 Å². The zero-order chi connectivity index (χ0) is 9.41. The van der Waals surface area contributed by atoms with Crippen LogP contribution in [-0.4, -0.2) is 16.2 Å². The summed E-state index contributed by atoms with van der Waals surface area (Å²) in [6, 6.07) is 0. The van der Waals surface area contributed by atoms with Crippen molar-refractivity contribution in [2.75, 3.05) is 5.75 Å². The van der Waals surface area contributed by atoms with Gasteiger partial charge in [-0.25, -0.2) is 0 Å². The second kappa shape index (κ2) is 3.08. The second-order valence-corrected chi connectivity index (χ2v) is 5.85. The van der Waals surface area contributed by atoms with Gasteiger partial charge in [0.1, 0.15) is 0 Å². The van der Waals surface area contributed by atoms with Crippen molar-refractivity contribution in [3.63, 3.8) is 0 Å². The van der Waals surface area contributed by atoms with Crippen LogP contribution in [0.5, 0.6) is 0 Å². The van der Waals surface area contributed by atoms with Crippen LogP contribution in [0.15, 0.2) is 12.7 Å². The lowest BCUT2D eigenvalue weighted by atomic mass is 9.99. The quantitative estimate of drug-likeness (QED) is 0.664. The number of hydrogen-bond acceptors (Lipinski definition) is 2. The Bertz CT molecular complexity index is 188. The van der Waals surface area contributed by atoms with E-state index in [1.54, 1.807) is 0 Å². The molecule has 1 rings (SSSR count). The Morgan fingerprint density at radius 3 is 2.42 bits per heavy atom. The molecule has 1 aliphatic rings. The Hall–Kier alpha value is 0.0500. The normalized spacial score (nSPS) is 36.3. The molecule has 1 aliphatic heterocycles. The molecule has 0 radical (unpaired) electrons. The molecule has 0 aromatic heterocycles. The van der Waals surface area contributed by atoms with Crippen LogP contribution in [0.2, 0.25) is 0 Å². The van der Waals surface area contributed by atoms with Crippen LogP contribution in [-0.2, 0) is 0 Å². The van der Waals surface area contributed by atoms with Gasteiger partial charge >= 0.3 is 0 Å². The highest BCUT2D eigenvalue weighted by Crippen LogP contribution is 2.40. The number of nitrogens with one attached hydrogen (secondary N) is 1. The molecule has 2 unspecified atom stereocenters. The molecule has 12 heavy (non-hydrogen) atoms. The third-order valence-corrected chi connectivity index (χ3v) is 4.48. The molecule has 0 amide bonds. The van der Waals surface area contributed by atoms with Gasteiger partial charge in [-0.15, -0.1) is 18.3 Å². The van der Waals surface area contributed by atoms with E-state index in [-0.39, 0.29) is 10.4 Å². The molecule has 1 N–H and O–H groups in total. The van der Waals surface area contributed by atoms with Gasteiger partial charge < -0.3 is 0 Å². The van der Waals surface area contributed by atoms with Gasteiger partial charge in [-0.2, -0.15) is 0 Å². The Morgan fingerprint density at radius 2 is 2.08 bits per heavy atom. The zero-order valence-electron chi connectivity index (χ0n) is 8.48. The first-order valence-corrected chi connectivity index (χ1v) is 5.44. The summed E-state index contributed by atoms with van der Waals surface area (Å²) in [7, 11) is 0. The van der Waals surface area contributed by atoms with E-state index in [9.17, 15) is 0 Å². The first-order chi connectivity index (χ1) is 5.40. The minimum Gasteiger partial charge on any atom is -0.297 e. The van der Waals surface area contributed by atoms with Crippen LogP contribution < -0.4 is 5.32 Å². The largest absolute Gasteiger partial charge is 0.297 e. The van der Waals surface area contributed by atoms with Crippen LogP contribution in [0.4, 0.5) is 0 Å². The molecule has 0 spiro atoms. The van der Waals surface area contributed by atoms with E-state index in [2.05, 4.69) is 39.6 Å². The van der Waals surface area contributed by atoms with Gasteiger partial charge in [0.15, 0.2) is 0 Å². The van der Waals surface area contributed by atoms with Gasteiger partial charge in [-0.05, 0) is 20.8 Å². The van der Waals surface area contributed by atoms with Gasteiger partial charge in [0, 0.05) is 17.2 Å². The SMILES string of the molecule is C=CC(C)C1(C)NC(C)(C)CS1. The Kier molecular flexibility index (Phi) is 2.60. The fraction of sp³-hybridized carbons (Fsp3) is 0.800. The van der Waals surface area contributed by atoms with Crippen LogP contribution >= 0.6 is 11.8 Å². The van der Waals surface area contributed by atoms with Crippen molar-refractivity contribution in [3.05, 3.63) is 12.7 Å². The highest BCUT2D eigenvalue weighted by molar-refractivity contribution is 8.00. The molecule has 1 nitrogen and oxygen atoms in total. The van der Waals surface area contributed by atoms with Crippen molar-refractivity contribution in [2.24, 2.45) is 5.92 Å². The number of hydrogen-bond donors (Lipinski definition) is 1. The molecule has 0 bridgehead atoms. The van der Waals surface area contributed by atoms with E-state index in [4.69, 9.17) is 0 Å². The van der Waals surface area contributed by atoms with E-state index in [0.717, 1.165) is 0 Å². The lowest BCUT2D eigenvalue weighted by molar-refractivity contribution is 0.337. The average molecular weight is 185 g/mol. The molecule has 0 aliphatic carbocycles. The van der Waals surface area contributed by atoms with Crippen molar-refractivity contribution in [3.8, 4) is 0 Å². The van der Waals surface area contributed by atoms with Crippen molar-refractivity contribution < 1.29 is 0 Å². The molecule has 70 valence electrons. The van der Waals surface area contributed by atoms with Gasteiger partial charge in [-0.3, -0.25) is 5.32 Å². The summed E-state index contributed by atoms with van der Waals surface area (Å²) in [5.74, 6) is 1.70. The minimum absolute atomic E-state index is 0.186. The van der Waals surface area contributed by atoms with Crippen molar-refractivity contribution in [2.45, 2.75) is 38.1 Å². The molecule has 2 atom stereocenters. The first-order valence-electron chi connectivity index (χ1n) is 4.45. The van der Waals surface area contributed by atoms with E-state index in [1.807, 2.05) is 17.8 Å². The molecular weight excluding hydrogens is 166 g/mol. The smallest absolute Gasteiger partial charge is 0.0682 e. The summed E-state index contributed by atoms with van der Waals surface area (Å²) < 4.78 is 0. The van der Waals surface area contributed by atoms with Crippen LogP contribution in [0, 0.1) is 5.92 Å². The first kappa shape index (κ1) is 10.1. The molecule has 0 aromatic rings. The Balaban J connectivity index is 2.70. The molecule has 1 saturated heterocycles. The van der Waals surface area contributed by atoms with Gasteiger partial charge in [0.05, 0.1) is 4.87 Å². The third-order valence-electron chi connectivity index (χ3n) is 2.54. The van der Waals surface area contributed by atoms with Crippen LogP contribution in [0.25, 0.3) is 0 Å². The molecule has 0 saturated carbocycles. The maximum Gasteiger partial charge on any atom is 0.0682 e. The van der Waals surface area contributed by atoms with Crippen molar-refractivity contribution in [1.82, 2.24) is 5.32 Å². The van der Waals surface area contributed by atoms with E-state index >= 15 is 0 Å². The molecule has 0 aromatic carbocycles.